The van der Waals surface area contributed by atoms with Crippen molar-refractivity contribution in [1.82, 2.24) is 15.4 Å². The van der Waals surface area contributed by atoms with Gasteiger partial charge in [-0.1, -0.05) is 6.07 Å². The number of hydrogen-bond donors (Lipinski definition) is 3. The molecule has 26 heavy (non-hydrogen) atoms. The van der Waals surface area contributed by atoms with E-state index in [1.165, 1.54) is 23.5 Å². The molecule has 1 aromatic carbocycles. The predicted octanol–water partition coefficient (Wildman–Crippen LogP) is 2.13. The van der Waals surface area contributed by atoms with Gasteiger partial charge in [0.15, 0.2) is 0 Å². The number of nitrogens with one attached hydrogen (secondary N) is 3. The minimum absolute atomic E-state index is 0. The number of rotatable bonds is 6. The van der Waals surface area contributed by atoms with Crippen LogP contribution in [0.15, 0.2) is 46.7 Å². The summed E-state index contributed by atoms with van der Waals surface area (Å²) in [6.07, 6.45) is 2.00. The van der Waals surface area contributed by atoms with E-state index < -0.39 is 10.0 Å². The fourth-order valence-corrected chi connectivity index (χ4v) is 4.43. The molecule has 1 atom stereocenters. The van der Waals surface area contributed by atoms with Crippen LogP contribution in [-0.4, -0.2) is 33.5 Å². The summed E-state index contributed by atoms with van der Waals surface area (Å²) in [7, 11) is -3.59. The van der Waals surface area contributed by atoms with E-state index in [1.54, 1.807) is 12.1 Å². The third kappa shape index (κ3) is 5.52. The average Bonchev–Trinajstić information content (AvgIpc) is 3.15. The van der Waals surface area contributed by atoms with Crippen LogP contribution in [0.1, 0.15) is 28.1 Å². The van der Waals surface area contributed by atoms with Gasteiger partial charge in [-0.25, -0.2) is 13.1 Å². The topological polar surface area (TPSA) is 87.3 Å². The number of sulfonamides is 1. The highest BCUT2D eigenvalue weighted by Crippen LogP contribution is 2.14. The van der Waals surface area contributed by atoms with Crippen molar-refractivity contribution in [3.63, 3.8) is 0 Å². The number of carbonyl (C=O) groups excluding carboxylic acids is 1. The summed E-state index contributed by atoms with van der Waals surface area (Å²) >= 11 is 1.50. The van der Waals surface area contributed by atoms with Crippen LogP contribution in [0.25, 0.3) is 0 Å². The molecule has 1 amide bonds. The van der Waals surface area contributed by atoms with Crippen LogP contribution < -0.4 is 15.4 Å². The molecular formula is C17H22ClN3O3S2. The number of halogens is 1. The van der Waals surface area contributed by atoms with Gasteiger partial charge >= 0.3 is 0 Å². The zero-order chi connectivity index (χ0) is 17.7. The van der Waals surface area contributed by atoms with Gasteiger partial charge < -0.3 is 10.6 Å². The second-order valence-electron chi connectivity index (χ2n) is 5.95. The molecule has 1 aliphatic rings. The van der Waals surface area contributed by atoms with Crippen molar-refractivity contribution in [2.75, 3.05) is 13.1 Å². The second kappa shape index (κ2) is 9.48. The van der Waals surface area contributed by atoms with Crippen molar-refractivity contribution >= 4 is 39.7 Å². The summed E-state index contributed by atoms with van der Waals surface area (Å²) < 4.78 is 27.2. The van der Waals surface area contributed by atoms with Gasteiger partial charge in [0.25, 0.3) is 5.91 Å². The minimum Gasteiger partial charge on any atom is -0.348 e. The SMILES string of the molecule is Cl.O=C(N[C@H]1CCCNC1)c1ccc(S(=O)(=O)NCc2cccs2)cc1. The molecule has 0 radical (unpaired) electrons. The quantitative estimate of drug-likeness (QED) is 0.674. The molecule has 3 rings (SSSR count). The molecule has 1 aromatic heterocycles. The van der Waals surface area contributed by atoms with Crippen molar-refractivity contribution in [2.24, 2.45) is 0 Å². The van der Waals surface area contributed by atoms with Crippen LogP contribution in [0.4, 0.5) is 0 Å². The molecule has 2 aromatic rings. The molecule has 0 bridgehead atoms. The van der Waals surface area contributed by atoms with Crippen LogP contribution >= 0.6 is 23.7 Å². The summed E-state index contributed by atoms with van der Waals surface area (Å²) in [5.41, 5.74) is 0.461. The van der Waals surface area contributed by atoms with Crippen LogP contribution in [0.2, 0.25) is 0 Å². The Morgan fingerprint density at radius 1 is 1.23 bits per heavy atom. The lowest BCUT2D eigenvalue weighted by molar-refractivity contribution is 0.0930. The number of thiophene rings is 1. The highest BCUT2D eigenvalue weighted by Gasteiger charge is 2.18. The van der Waals surface area contributed by atoms with E-state index >= 15 is 0 Å². The van der Waals surface area contributed by atoms with E-state index in [2.05, 4.69) is 15.4 Å². The Morgan fingerprint density at radius 3 is 2.62 bits per heavy atom. The van der Waals surface area contributed by atoms with Crippen LogP contribution in [-0.2, 0) is 16.6 Å². The van der Waals surface area contributed by atoms with Gasteiger partial charge in [-0.15, -0.1) is 23.7 Å². The Balaban J connectivity index is 0.00000243. The molecule has 9 heteroatoms. The predicted molar refractivity (Wildman–Crippen MR) is 105 cm³/mol. The summed E-state index contributed by atoms with van der Waals surface area (Å²) in [6.45, 7) is 2.01. The lowest BCUT2D eigenvalue weighted by Crippen LogP contribution is -2.45. The molecule has 0 spiro atoms. The molecular weight excluding hydrogens is 394 g/mol. The fourth-order valence-electron chi connectivity index (χ4n) is 2.69. The lowest BCUT2D eigenvalue weighted by Gasteiger charge is -2.23. The van der Waals surface area contributed by atoms with Crippen molar-refractivity contribution in [1.29, 1.82) is 0 Å². The Labute approximate surface area is 163 Å². The maximum atomic E-state index is 12.3. The van der Waals surface area contributed by atoms with Crippen LogP contribution in [0, 0.1) is 0 Å². The Kier molecular flexibility index (Phi) is 7.60. The third-order valence-corrected chi connectivity index (χ3v) is 6.37. The largest absolute Gasteiger partial charge is 0.348 e. The van der Waals surface area contributed by atoms with E-state index in [9.17, 15) is 13.2 Å². The lowest BCUT2D eigenvalue weighted by atomic mass is 10.1. The number of amides is 1. The average molecular weight is 416 g/mol. The number of benzene rings is 1. The van der Waals surface area contributed by atoms with Gasteiger partial charge in [0.2, 0.25) is 10.0 Å². The molecule has 3 N–H and O–H groups in total. The number of carbonyl (C=O) groups is 1. The van der Waals surface area contributed by atoms with E-state index in [0.29, 0.717) is 5.56 Å². The van der Waals surface area contributed by atoms with Crippen molar-refractivity contribution in [3.8, 4) is 0 Å². The first-order valence-electron chi connectivity index (χ1n) is 8.18. The molecule has 0 aliphatic carbocycles. The van der Waals surface area contributed by atoms with E-state index in [-0.39, 0.29) is 35.8 Å². The van der Waals surface area contributed by atoms with Crippen molar-refractivity contribution in [2.45, 2.75) is 30.3 Å². The van der Waals surface area contributed by atoms with Gasteiger partial charge in [-0.3, -0.25) is 4.79 Å². The van der Waals surface area contributed by atoms with E-state index in [1.807, 2.05) is 17.5 Å². The Bertz CT molecular complexity index is 802. The molecule has 142 valence electrons. The van der Waals surface area contributed by atoms with Crippen molar-refractivity contribution < 1.29 is 13.2 Å². The van der Waals surface area contributed by atoms with Crippen LogP contribution in [0.3, 0.4) is 0 Å². The highest BCUT2D eigenvalue weighted by molar-refractivity contribution is 7.89. The first-order valence-corrected chi connectivity index (χ1v) is 10.5. The summed E-state index contributed by atoms with van der Waals surface area (Å²) in [5.74, 6) is -0.177. The maximum absolute atomic E-state index is 12.3. The third-order valence-electron chi connectivity index (χ3n) is 4.08. The van der Waals surface area contributed by atoms with Crippen LogP contribution in [0.5, 0.6) is 0 Å². The minimum atomic E-state index is -3.59. The number of piperidine rings is 1. The molecule has 2 heterocycles. The number of hydrogen-bond acceptors (Lipinski definition) is 5. The van der Waals surface area contributed by atoms with E-state index in [0.717, 1.165) is 30.8 Å². The monoisotopic (exact) mass is 415 g/mol. The molecule has 6 nitrogen and oxygen atoms in total. The highest BCUT2D eigenvalue weighted by atomic mass is 35.5. The maximum Gasteiger partial charge on any atom is 0.251 e. The van der Waals surface area contributed by atoms with Crippen molar-refractivity contribution in [3.05, 3.63) is 52.2 Å². The van der Waals surface area contributed by atoms with E-state index in [4.69, 9.17) is 0 Å². The smallest absolute Gasteiger partial charge is 0.251 e. The molecule has 1 fully saturated rings. The Morgan fingerprint density at radius 2 is 2.00 bits per heavy atom. The zero-order valence-corrected chi connectivity index (χ0v) is 16.6. The van der Waals surface area contributed by atoms with Gasteiger partial charge in [0, 0.05) is 29.6 Å². The standard InChI is InChI=1S/C17H21N3O3S2.ClH/c21-17(20-14-3-1-9-18-11-14)13-5-7-16(8-6-13)25(22,23)19-12-15-4-2-10-24-15;/h2,4-8,10,14,18-19H,1,3,9,11-12H2,(H,20,21);1H/t14-;/m0./s1. The molecule has 1 saturated heterocycles. The second-order valence-corrected chi connectivity index (χ2v) is 8.74. The van der Waals surface area contributed by atoms with Gasteiger partial charge in [-0.05, 0) is 55.1 Å². The molecule has 0 unspecified atom stereocenters. The fraction of sp³-hybridized carbons (Fsp3) is 0.353. The van der Waals surface area contributed by atoms with Gasteiger partial charge in [0.1, 0.15) is 0 Å². The first kappa shape index (κ1) is 20.9. The van der Waals surface area contributed by atoms with Gasteiger partial charge in [0.05, 0.1) is 4.90 Å². The molecule has 0 saturated carbocycles. The van der Waals surface area contributed by atoms with Gasteiger partial charge in [-0.2, -0.15) is 0 Å². The Hall–Kier alpha value is -1.45. The normalized spacial score (nSPS) is 17.3. The zero-order valence-electron chi connectivity index (χ0n) is 14.1. The first-order chi connectivity index (χ1) is 12.0. The molecule has 1 aliphatic heterocycles. The summed E-state index contributed by atoms with van der Waals surface area (Å²) in [4.78, 5) is 13.4. The summed E-state index contributed by atoms with van der Waals surface area (Å²) in [5, 5.41) is 8.12. The summed E-state index contributed by atoms with van der Waals surface area (Å²) in [6, 6.07) is 9.90.